The number of carboxylic acid groups (broad SMARTS) is 2. The number of hydrogen-bond donors (Lipinski definition) is 6. The average Bonchev–Trinajstić information content (AvgIpc) is 1.69. The summed E-state index contributed by atoms with van der Waals surface area (Å²) in [6.07, 6.45) is -1.24. The van der Waals surface area contributed by atoms with Gasteiger partial charge in [0, 0.05) is 28.5 Å². The minimum absolute atomic E-state index is 0.0677. The van der Waals surface area contributed by atoms with Crippen molar-refractivity contribution < 1.29 is 82.1 Å². The van der Waals surface area contributed by atoms with Crippen LogP contribution in [0.5, 0.6) is 28.7 Å². The second-order valence-corrected chi connectivity index (χ2v) is 21.3. The van der Waals surface area contributed by atoms with Gasteiger partial charge in [0.25, 0.3) is 17.7 Å². The Balaban J connectivity index is 0.000000223. The molecule has 3 amide bonds. The number of esters is 2. The first-order chi connectivity index (χ1) is 43.7. The van der Waals surface area contributed by atoms with Crippen LogP contribution < -0.4 is 34.9 Å². The number of nitrogens with one attached hydrogen (secondary N) is 3. The molecule has 6 N–H and O–H groups in total. The van der Waals surface area contributed by atoms with Crippen molar-refractivity contribution in [2.45, 2.75) is 79.6 Å². The van der Waals surface area contributed by atoms with E-state index in [1.807, 2.05) is 81.4 Å². The Morgan fingerprint density at radius 3 is 1.57 bits per heavy atom. The number of methoxy groups -OCH3 is 1. The van der Waals surface area contributed by atoms with E-state index in [1.165, 1.54) is 49.6 Å². The zero-order valence-corrected chi connectivity index (χ0v) is 52.9. The number of carbonyl (C=O) groups excluding carboxylic acids is 6. The van der Waals surface area contributed by atoms with Crippen LogP contribution in [-0.2, 0) is 35.1 Å². The maximum absolute atomic E-state index is 12.5. The molecule has 0 bridgehead atoms. The van der Waals surface area contributed by atoms with E-state index in [9.17, 15) is 43.5 Å². The molecule has 0 aliphatic carbocycles. The monoisotopic (exact) mass is 1270 g/mol. The van der Waals surface area contributed by atoms with Gasteiger partial charge in [0.15, 0.2) is 23.6 Å². The van der Waals surface area contributed by atoms with Gasteiger partial charge in [-0.05, 0) is 217 Å². The Labute approximate surface area is 538 Å². The molecular weight excluding hydrogens is 1200 g/mol. The van der Waals surface area contributed by atoms with Gasteiger partial charge in [-0.2, -0.15) is 0 Å². The van der Waals surface area contributed by atoms with Crippen molar-refractivity contribution >= 4 is 76.0 Å². The number of halogens is 1. The number of para-hydroxylation sites is 2. The number of aryl methyl sites for hydroxylation is 3. The van der Waals surface area contributed by atoms with Crippen molar-refractivity contribution in [3.8, 4) is 28.7 Å². The van der Waals surface area contributed by atoms with E-state index in [0.717, 1.165) is 16.7 Å². The van der Waals surface area contributed by atoms with Crippen LogP contribution in [0, 0.1) is 20.8 Å². The van der Waals surface area contributed by atoms with E-state index in [2.05, 4.69) is 20.7 Å². The molecule has 0 saturated carbocycles. The number of anilines is 3. The van der Waals surface area contributed by atoms with Crippen molar-refractivity contribution in [1.82, 2.24) is 0 Å². The van der Waals surface area contributed by atoms with Gasteiger partial charge in [0.1, 0.15) is 40.9 Å². The highest BCUT2D eigenvalue weighted by atomic mass is 35.5. The standard InChI is InChI=1S/C19H20ClNO4.C18H19NO4.C18H18O5.C16H15NO4/c1-4-24-17(22)13-5-9-15(10-6-13)21-18(23)19(2,3)25-16-11-7-14(20)8-12-16;1-12-6-4-5-7-16(12)23-13(2)17(20)19-15-10-8-14(9-11-15)18(21)22-3;1-11-5-12(2)7-15(6-11)23-10-14(19)8-13-3-4-16(18(21)22)17(20)9-13;1-11(21-14-5-3-2-4-6-14)15(18)17-13-9-7-12(8-10-13)16(19)20/h5-12H,4H2,1-3H3,(H,21,23);4-11,13H,1-3H3,(H,19,20);3-7,9,20H,8,10H2,1-2H3,(H,21,22);2-11H,1H3,(H,17,18)(H,19,20). The van der Waals surface area contributed by atoms with Crippen LogP contribution in [0.4, 0.5) is 17.1 Å². The number of aromatic carboxylic acids is 2. The number of phenols is 1. The van der Waals surface area contributed by atoms with Gasteiger partial charge >= 0.3 is 23.9 Å². The minimum Gasteiger partial charge on any atom is -0.507 e. The fourth-order valence-electron chi connectivity index (χ4n) is 8.04. The number of aromatic hydroxyl groups is 1. The van der Waals surface area contributed by atoms with Gasteiger partial charge in [-0.15, -0.1) is 0 Å². The first kappa shape index (κ1) is 71.8. The summed E-state index contributed by atoms with van der Waals surface area (Å²) in [6, 6.07) is 52.1. The Hall–Kier alpha value is -11.0. The molecule has 0 radical (unpaired) electrons. The summed E-state index contributed by atoms with van der Waals surface area (Å²) in [5.74, 6) is -1.95. The lowest BCUT2D eigenvalue weighted by Crippen LogP contribution is -2.42. The molecule has 0 heterocycles. The van der Waals surface area contributed by atoms with Gasteiger partial charge in [-0.1, -0.05) is 60.1 Å². The second kappa shape index (κ2) is 35.3. The van der Waals surface area contributed by atoms with Gasteiger partial charge in [-0.25, -0.2) is 19.2 Å². The lowest BCUT2D eigenvalue weighted by atomic mass is 10.1. The summed E-state index contributed by atoms with van der Waals surface area (Å²) >= 11 is 5.84. The van der Waals surface area contributed by atoms with Crippen molar-refractivity contribution in [3.05, 3.63) is 238 Å². The Kier molecular flexibility index (Phi) is 27.5. The highest BCUT2D eigenvalue weighted by Crippen LogP contribution is 2.25. The molecule has 0 aliphatic rings. The van der Waals surface area contributed by atoms with Crippen LogP contribution in [0.15, 0.2) is 188 Å². The predicted molar refractivity (Wildman–Crippen MR) is 349 cm³/mol. The molecule has 8 aromatic carbocycles. The molecule has 0 spiro atoms. The average molecular weight is 1270 g/mol. The summed E-state index contributed by atoms with van der Waals surface area (Å²) in [4.78, 5) is 93.1. The number of ketones is 1. The number of carboxylic acids is 2. The second-order valence-electron chi connectivity index (χ2n) is 20.8. The third-order valence-corrected chi connectivity index (χ3v) is 13.1. The number of Topliss-reactive ketones (excluding diaryl/α,β-unsaturated/α-hetero) is 1. The Bertz CT molecular complexity index is 3780. The van der Waals surface area contributed by atoms with Crippen LogP contribution in [0.25, 0.3) is 0 Å². The van der Waals surface area contributed by atoms with E-state index in [4.69, 9.17) is 45.5 Å². The van der Waals surface area contributed by atoms with Gasteiger partial charge in [-0.3, -0.25) is 19.2 Å². The summed E-state index contributed by atoms with van der Waals surface area (Å²) in [6.45, 7) is 14.5. The molecule has 21 heteroatoms. The molecule has 0 saturated heterocycles. The summed E-state index contributed by atoms with van der Waals surface area (Å²) < 4.78 is 32.0. The maximum atomic E-state index is 12.5. The Morgan fingerprint density at radius 2 is 1.05 bits per heavy atom. The van der Waals surface area contributed by atoms with E-state index in [1.54, 1.807) is 120 Å². The summed E-state index contributed by atoms with van der Waals surface area (Å²) in [5, 5.41) is 36.1. The topological polar surface area (TPSA) is 289 Å². The third kappa shape index (κ3) is 23.8. The molecule has 8 rings (SSSR count). The van der Waals surface area contributed by atoms with Gasteiger partial charge in [0.05, 0.1) is 30.4 Å². The van der Waals surface area contributed by atoms with Gasteiger partial charge < -0.3 is 59.7 Å². The van der Waals surface area contributed by atoms with E-state index < -0.39 is 41.7 Å². The van der Waals surface area contributed by atoms with Crippen LogP contribution in [0.1, 0.15) is 98.3 Å². The van der Waals surface area contributed by atoms with Gasteiger partial charge in [0.2, 0.25) is 0 Å². The maximum Gasteiger partial charge on any atom is 0.339 e. The lowest BCUT2D eigenvalue weighted by molar-refractivity contribution is -0.128. The van der Waals surface area contributed by atoms with Crippen molar-refractivity contribution in [1.29, 1.82) is 0 Å². The number of benzene rings is 8. The van der Waals surface area contributed by atoms with Crippen molar-refractivity contribution in [2.75, 3.05) is 36.3 Å². The zero-order valence-electron chi connectivity index (χ0n) is 52.1. The molecule has 92 heavy (non-hydrogen) atoms. The molecule has 0 aliphatic heterocycles. The number of carbonyl (C=O) groups is 8. The largest absolute Gasteiger partial charge is 0.507 e. The normalized spacial score (nSPS) is 11.0. The number of rotatable bonds is 22. The van der Waals surface area contributed by atoms with Crippen LogP contribution in [-0.4, -0.2) is 101 Å². The van der Waals surface area contributed by atoms with E-state index in [-0.39, 0.29) is 53.4 Å². The molecule has 2 atom stereocenters. The first-order valence-corrected chi connectivity index (χ1v) is 29.0. The minimum atomic E-state index is -1.21. The highest BCUT2D eigenvalue weighted by Gasteiger charge is 2.30. The molecular formula is C71H72ClN3O17. The smallest absolute Gasteiger partial charge is 0.339 e. The van der Waals surface area contributed by atoms with Crippen molar-refractivity contribution in [3.63, 3.8) is 0 Å². The van der Waals surface area contributed by atoms with Crippen LogP contribution >= 0.6 is 11.6 Å². The van der Waals surface area contributed by atoms with E-state index in [0.29, 0.717) is 68.4 Å². The quantitative estimate of drug-likeness (QED) is 0.0344. The van der Waals surface area contributed by atoms with Crippen molar-refractivity contribution in [2.24, 2.45) is 0 Å². The number of hydrogen-bond acceptors (Lipinski definition) is 15. The number of ether oxygens (including phenoxy) is 6. The zero-order chi connectivity index (χ0) is 67.5. The summed E-state index contributed by atoms with van der Waals surface area (Å²) in [7, 11) is 1.32. The first-order valence-electron chi connectivity index (χ1n) is 28.6. The SMILES string of the molecule is CC(Oc1ccccc1)C(=O)Nc1ccc(C(=O)O)cc1.CCOC(=O)c1ccc(NC(=O)C(C)(C)Oc2ccc(Cl)cc2)cc1.COC(=O)c1ccc(NC(=O)C(C)Oc2ccccc2C)cc1.Cc1cc(C)cc(OCC(=O)Cc2ccc(C(=O)O)c(O)c2)c1. The molecule has 8 aromatic rings. The number of amides is 3. The molecule has 480 valence electrons. The van der Waals surface area contributed by atoms with E-state index >= 15 is 0 Å². The molecule has 0 fully saturated rings. The molecule has 2 unspecified atom stereocenters. The van der Waals surface area contributed by atoms with Crippen LogP contribution in [0.2, 0.25) is 5.02 Å². The highest BCUT2D eigenvalue weighted by molar-refractivity contribution is 6.30. The molecule has 20 nitrogen and oxygen atoms in total. The molecule has 0 aromatic heterocycles. The Morgan fingerprint density at radius 1 is 0.543 bits per heavy atom. The fraction of sp³-hybridized carbons (Fsp3) is 0.211. The fourth-order valence-corrected chi connectivity index (χ4v) is 8.16. The predicted octanol–water partition coefficient (Wildman–Crippen LogP) is 13.2. The summed E-state index contributed by atoms with van der Waals surface area (Å²) in [5.41, 5.74) is 5.04. The van der Waals surface area contributed by atoms with Crippen LogP contribution in [0.3, 0.4) is 0 Å². The lowest BCUT2D eigenvalue weighted by Gasteiger charge is -2.25. The third-order valence-electron chi connectivity index (χ3n) is 12.8.